The van der Waals surface area contributed by atoms with E-state index in [1.54, 1.807) is 18.2 Å². The first-order valence-corrected chi connectivity index (χ1v) is 24.9. The van der Waals surface area contributed by atoms with Gasteiger partial charge in [0.05, 0.1) is 24.8 Å². The van der Waals surface area contributed by atoms with E-state index in [2.05, 4.69) is 44.7 Å². The van der Waals surface area contributed by atoms with E-state index < -0.39 is 24.0 Å². The molecule has 3 aliphatic carbocycles. The minimum Gasteiger partial charge on any atom is -0.459 e. The standard InChI is InChI=1S/C55H71FN2O8/c1-4-30-63-55-50(58(36-40-19-22-42(56)23-20-40)51(61)27-21-39-13-5-6-14-39)35-48(57-66-52-17-9-12-31-62-52)46-33-41(15-7-10-28-59)45(16-8-11-29-60)53(54(46)55)47-34-44(25-26-49(47)65-55)64-43-24-18-37(2)38(3)32-43/h4,18-20,22-26,32-34,39,41,45,50,52-54,59-60H,1,5-17,21,27-31,35-36H2,2-3H3/t41-,45+,50-,52?,53+,54+,55+/m0/s1. The van der Waals surface area contributed by atoms with Gasteiger partial charge < -0.3 is 38.9 Å². The molecule has 2 heterocycles. The zero-order valence-electron chi connectivity index (χ0n) is 39.1. The van der Waals surface area contributed by atoms with Crippen molar-refractivity contribution in [2.45, 2.75) is 147 Å². The normalized spacial score (nSPS) is 26.5. The molecule has 1 unspecified atom stereocenters. The molecule has 3 aromatic carbocycles. The average Bonchev–Trinajstić information content (AvgIpc) is 3.86. The number of aryl methyl sites for hydroxylation is 2. The zero-order valence-corrected chi connectivity index (χ0v) is 39.1. The smallest absolute Gasteiger partial charge is 0.239 e. The van der Waals surface area contributed by atoms with Gasteiger partial charge in [-0.25, -0.2) is 4.39 Å². The van der Waals surface area contributed by atoms with Gasteiger partial charge in [0.25, 0.3) is 0 Å². The molecule has 0 bridgehead atoms. The number of allylic oxidation sites excluding steroid dienone is 1. The lowest BCUT2D eigenvalue weighted by Crippen LogP contribution is -2.70. The second kappa shape index (κ2) is 22.5. The molecule has 2 aliphatic heterocycles. The number of oxime groups is 1. The van der Waals surface area contributed by atoms with E-state index in [9.17, 15) is 14.6 Å². The highest BCUT2D eigenvalue weighted by Crippen LogP contribution is 2.62. The molecule has 11 heteroatoms. The molecule has 3 fully saturated rings. The van der Waals surface area contributed by atoms with Crippen LogP contribution in [0.3, 0.4) is 0 Å². The second-order valence-corrected chi connectivity index (χ2v) is 19.4. The van der Waals surface area contributed by atoms with Gasteiger partial charge in [0.15, 0.2) is 0 Å². The summed E-state index contributed by atoms with van der Waals surface area (Å²) in [5.74, 6) is 0.270. The fraction of sp³-hybridized carbons (Fsp3) is 0.564. The largest absolute Gasteiger partial charge is 0.459 e. The second-order valence-electron chi connectivity index (χ2n) is 19.4. The zero-order chi connectivity index (χ0) is 46.0. The van der Waals surface area contributed by atoms with Crippen molar-refractivity contribution in [2.24, 2.45) is 28.8 Å². The summed E-state index contributed by atoms with van der Waals surface area (Å²) in [6, 6.07) is 17.9. The van der Waals surface area contributed by atoms with Crippen LogP contribution in [0.25, 0.3) is 0 Å². The van der Waals surface area contributed by atoms with Crippen LogP contribution in [-0.4, -0.2) is 71.3 Å². The third-order valence-electron chi connectivity index (χ3n) is 15.0. The predicted molar refractivity (Wildman–Crippen MR) is 254 cm³/mol. The predicted octanol–water partition coefficient (Wildman–Crippen LogP) is 11.4. The molecule has 356 valence electrons. The summed E-state index contributed by atoms with van der Waals surface area (Å²) in [4.78, 5) is 23.5. The fourth-order valence-corrected chi connectivity index (χ4v) is 11.5. The molecular weight excluding hydrogens is 836 g/mol. The molecular formula is C55H71FN2O8. The fourth-order valence-electron chi connectivity index (χ4n) is 11.5. The number of hydrogen-bond donors (Lipinski definition) is 2. The van der Waals surface area contributed by atoms with Crippen LogP contribution in [0.2, 0.25) is 0 Å². The van der Waals surface area contributed by atoms with Crippen molar-refractivity contribution in [3.63, 3.8) is 0 Å². The van der Waals surface area contributed by atoms with Crippen molar-refractivity contribution in [1.82, 2.24) is 4.90 Å². The first-order chi connectivity index (χ1) is 32.2. The van der Waals surface area contributed by atoms with Crippen molar-refractivity contribution in [1.29, 1.82) is 0 Å². The number of halogens is 1. The highest BCUT2D eigenvalue weighted by Gasteiger charge is 2.65. The number of aliphatic hydroxyl groups excluding tert-OH is 2. The number of fused-ring (bicyclic) bond motifs is 2. The summed E-state index contributed by atoms with van der Waals surface area (Å²) in [6.07, 6.45) is 17.0. The average molecular weight is 907 g/mol. The van der Waals surface area contributed by atoms with E-state index in [1.807, 2.05) is 23.1 Å². The van der Waals surface area contributed by atoms with Crippen LogP contribution >= 0.6 is 0 Å². The van der Waals surface area contributed by atoms with Crippen LogP contribution in [0, 0.1) is 43.3 Å². The van der Waals surface area contributed by atoms with Crippen LogP contribution in [-0.2, 0) is 25.7 Å². The minimum atomic E-state index is -1.41. The van der Waals surface area contributed by atoms with E-state index in [0.29, 0.717) is 43.3 Å². The number of nitrogens with zero attached hydrogens (tertiary/aromatic N) is 2. The summed E-state index contributed by atoms with van der Waals surface area (Å²) < 4.78 is 41.9. The molecule has 0 spiro atoms. The number of ether oxygens (including phenoxy) is 4. The molecule has 66 heavy (non-hydrogen) atoms. The number of carbonyl (C=O) groups excluding carboxylic acids is 1. The first-order valence-electron chi connectivity index (χ1n) is 24.9. The van der Waals surface area contributed by atoms with Gasteiger partial charge in [0, 0.05) is 50.5 Å². The lowest BCUT2D eigenvalue weighted by atomic mass is 9.55. The van der Waals surface area contributed by atoms with Gasteiger partial charge in [-0.1, -0.05) is 74.0 Å². The first kappa shape index (κ1) is 47.9. The topological polar surface area (TPSA) is 119 Å². The maximum absolute atomic E-state index is 15.2. The molecule has 7 atom stereocenters. The van der Waals surface area contributed by atoms with Gasteiger partial charge in [0.1, 0.15) is 29.1 Å². The summed E-state index contributed by atoms with van der Waals surface area (Å²) in [5, 5.41) is 25.1. The Hall–Kier alpha value is -4.55. The summed E-state index contributed by atoms with van der Waals surface area (Å²) in [7, 11) is 0. The Labute approximate surface area is 391 Å². The van der Waals surface area contributed by atoms with Crippen molar-refractivity contribution < 1.29 is 43.2 Å². The van der Waals surface area contributed by atoms with Crippen LogP contribution in [0.5, 0.6) is 17.2 Å². The molecule has 1 amide bonds. The van der Waals surface area contributed by atoms with Crippen LogP contribution in [0.1, 0.15) is 131 Å². The Balaban J connectivity index is 1.32. The Bertz CT molecular complexity index is 2160. The number of hydrogen-bond acceptors (Lipinski definition) is 9. The number of aliphatic hydroxyl groups is 2. The maximum Gasteiger partial charge on any atom is 0.239 e. The summed E-state index contributed by atoms with van der Waals surface area (Å²) in [5.41, 5.74) is 5.80. The minimum absolute atomic E-state index is 0.0126. The van der Waals surface area contributed by atoms with E-state index in [0.717, 1.165) is 97.9 Å². The van der Waals surface area contributed by atoms with Crippen molar-refractivity contribution in [3.8, 4) is 17.2 Å². The number of amides is 1. The summed E-state index contributed by atoms with van der Waals surface area (Å²) >= 11 is 0. The number of rotatable bonds is 21. The van der Waals surface area contributed by atoms with E-state index in [1.165, 1.54) is 30.5 Å². The quantitative estimate of drug-likeness (QED) is 0.0616. The Morgan fingerprint density at radius 1 is 0.909 bits per heavy atom. The Kier molecular flexibility index (Phi) is 16.3. The molecule has 5 aliphatic rings. The monoisotopic (exact) mass is 907 g/mol. The van der Waals surface area contributed by atoms with Crippen LogP contribution in [0.4, 0.5) is 4.39 Å². The van der Waals surface area contributed by atoms with Gasteiger partial charge in [-0.3, -0.25) is 4.79 Å². The third-order valence-corrected chi connectivity index (χ3v) is 15.0. The van der Waals surface area contributed by atoms with Crippen LogP contribution in [0.15, 0.2) is 90.1 Å². The Morgan fingerprint density at radius 3 is 2.38 bits per heavy atom. The maximum atomic E-state index is 15.2. The van der Waals surface area contributed by atoms with E-state index >= 15 is 4.79 Å². The van der Waals surface area contributed by atoms with E-state index in [-0.39, 0.29) is 62.3 Å². The lowest BCUT2D eigenvalue weighted by molar-refractivity contribution is -0.258. The number of unbranched alkanes of at least 4 members (excludes halogenated alkanes) is 2. The van der Waals surface area contributed by atoms with Crippen molar-refractivity contribution in [2.75, 3.05) is 26.4 Å². The molecule has 2 N–H and O–H groups in total. The van der Waals surface area contributed by atoms with Gasteiger partial charge in [-0.2, -0.15) is 0 Å². The highest BCUT2D eigenvalue weighted by molar-refractivity contribution is 6.03. The molecule has 1 saturated heterocycles. The lowest BCUT2D eigenvalue weighted by Gasteiger charge is -2.60. The highest BCUT2D eigenvalue weighted by atomic mass is 19.1. The third kappa shape index (κ3) is 10.9. The Morgan fingerprint density at radius 2 is 1.65 bits per heavy atom. The molecule has 8 rings (SSSR count). The summed E-state index contributed by atoms with van der Waals surface area (Å²) in [6.45, 7) is 9.45. The van der Waals surface area contributed by atoms with Crippen LogP contribution < -0.4 is 9.47 Å². The van der Waals surface area contributed by atoms with Gasteiger partial charge >= 0.3 is 0 Å². The number of benzene rings is 3. The SMILES string of the molecule is C=CCO[C@@]12Oc3ccc(Oc4ccc(C)c(C)c4)cc3[C@H]3[C@H](CCCCO)[C@@H](CCCCO)C=C(C(=NOC4CCCCO4)C[C@@H]1N(Cc1ccc(F)cc1)C(=O)CCC1CCCC1)[C@H]32. The number of carbonyl (C=O) groups is 1. The molecule has 2 saturated carbocycles. The van der Waals surface area contributed by atoms with Gasteiger partial charge in [0.2, 0.25) is 18.0 Å². The molecule has 0 aromatic heterocycles. The molecule has 0 radical (unpaired) electrons. The van der Waals surface area contributed by atoms with E-state index in [4.69, 9.17) is 28.9 Å². The van der Waals surface area contributed by atoms with Crippen molar-refractivity contribution in [3.05, 3.63) is 113 Å². The van der Waals surface area contributed by atoms with Gasteiger partial charge in [-0.15, -0.1) is 6.58 Å². The molecule has 3 aromatic rings. The molecule has 10 nitrogen and oxygen atoms in total. The van der Waals surface area contributed by atoms with Gasteiger partial charge in [-0.05, 0) is 141 Å². The van der Waals surface area contributed by atoms with Crippen molar-refractivity contribution >= 4 is 11.6 Å².